The molecule has 1 aromatic heterocycles. The van der Waals surface area contributed by atoms with Gasteiger partial charge in [0.05, 0.1) is 11.5 Å². The van der Waals surface area contributed by atoms with Gasteiger partial charge >= 0.3 is 0 Å². The number of nitro benzene ring substituents is 1. The molecule has 0 spiro atoms. The standard InChI is InChI=1S/C17H13ClN4O3/c18-14-7-3-1-5-12(14)11-21-10-9-16(20-21)19-17(23)13-6-2-4-8-15(13)22(24)25/h1-10H,11H2,(H,19,20,23). The van der Waals surface area contributed by atoms with Gasteiger partial charge in [-0.15, -0.1) is 0 Å². The molecule has 0 fully saturated rings. The monoisotopic (exact) mass is 356 g/mol. The molecule has 7 nitrogen and oxygen atoms in total. The Kier molecular flexibility index (Phi) is 4.76. The Balaban J connectivity index is 1.75. The minimum absolute atomic E-state index is 0.0202. The van der Waals surface area contributed by atoms with Gasteiger partial charge in [-0.3, -0.25) is 19.6 Å². The number of benzene rings is 2. The topological polar surface area (TPSA) is 90.1 Å². The highest BCUT2D eigenvalue weighted by molar-refractivity contribution is 6.31. The third-order valence-corrected chi connectivity index (χ3v) is 3.89. The van der Waals surface area contributed by atoms with E-state index < -0.39 is 10.8 Å². The molecule has 0 bridgehead atoms. The number of amides is 1. The predicted octanol–water partition coefficient (Wildman–Crippen LogP) is 3.75. The van der Waals surface area contributed by atoms with Gasteiger partial charge in [-0.05, 0) is 17.7 Å². The lowest BCUT2D eigenvalue weighted by molar-refractivity contribution is -0.385. The minimum Gasteiger partial charge on any atom is -0.305 e. The van der Waals surface area contributed by atoms with E-state index in [-0.39, 0.29) is 11.3 Å². The van der Waals surface area contributed by atoms with Gasteiger partial charge in [-0.25, -0.2) is 0 Å². The molecule has 126 valence electrons. The Labute approximate surface area is 148 Å². The van der Waals surface area contributed by atoms with E-state index in [0.717, 1.165) is 5.56 Å². The van der Waals surface area contributed by atoms with E-state index in [2.05, 4.69) is 10.4 Å². The molecule has 0 unspecified atom stereocenters. The highest BCUT2D eigenvalue weighted by Gasteiger charge is 2.19. The smallest absolute Gasteiger partial charge is 0.282 e. The van der Waals surface area contributed by atoms with Crippen LogP contribution in [0.4, 0.5) is 11.5 Å². The molecule has 0 aliphatic rings. The van der Waals surface area contributed by atoms with Crippen LogP contribution >= 0.6 is 11.6 Å². The zero-order valence-corrected chi connectivity index (χ0v) is 13.7. The van der Waals surface area contributed by atoms with Crippen molar-refractivity contribution < 1.29 is 9.72 Å². The number of nitro groups is 1. The van der Waals surface area contributed by atoms with Crippen LogP contribution in [0.3, 0.4) is 0 Å². The fourth-order valence-corrected chi connectivity index (χ4v) is 2.52. The van der Waals surface area contributed by atoms with Crippen LogP contribution in [-0.4, -0.2) is 20.6 Å². The number of halogens is 1. The number of aromatic nitrogens is 2. The molecule has 0 atom stereocenters. The molecular weight excluding hydrogens is 344 g/mol. The third-order valence-electron chi connectivity index (χ3n) is 3.52. The lowest BCUT2D eigenvalue weighted by atomic mass is 10.1. The maximum Gasteiger partial charge on any atom is 0.282 e. The van der Waals surface area contributed by atoms with Crippen molar-refractivity contribution >= 4 is 29.0 Å². The zero-order valence-electron chi connectivity index (χ0n) is 12.9. The molecule has 3 aromatic rings. The molecule has 8 heteroatoms. The van der Waals surface area contributed by atoms with Crippen molar-refractivity contribution in [3.63, 3.8) is 0 Å². The van der Waals surface area contributed by atoms with Crippen LogP contribution in [0.5, 0.6) is 0 Å². The highest BCUT2D eigenvalue weighted by atomic mass is 35.5. The summed E-state index contributed by atoms with van der Waals surface area (Å²) >= 11 is 6.12. The van der Waals surface area contributed by atoms with Gasteiger partial charge in [0.25, 0.3) is 11.6 Å². The molecule has 1 amide bonds. The predicted molar refractivity (Wildman–Crippen MR) is 93.8 cm³/mol. The van der Waals surface area contributed by atoms with Crippen molar-refractivity contribution in [1.82, 2.24) is 9.78 Å². The number of anilines is 1. The van der Waals surface area contributed by atoms with E-state index >= 15 is 0 Å². The second kappa shape index (κ2) is 7.14. The summed E-state index contributed by atoms with van der Waals surface area (Å²) in [5.74, 6) is -0.287. The summed E-state index contributed by atoms with van der Waals surface area (Å²) in [7, 11) is 0. The number of rotatable bonds is 5. The van der Waals surface area contributed by atoms with Gasteiger partial charge in [0.2, 0.25) is 0 Å². The molecule has 3 rings (SSSR count). The maximum absolute atomic E-state index is 12.3. The van der Waals surface area contributed by atoms with Crippen LogP contribution in [0, 0.1) is 10.1 Å². The fourth-order valence-electron chi connectivity index (χ4n) is 2.33. The first-order valence-corrected chi connectivity index (χ1v) is 7.74. The van der Waals surface area contributed by atoms with Crippen molar-refractivity contribution in [2.75, 3.05) is 5.32 Å². The lowest BCUT2D eigenvalue weighted by Crippen LogP contribution is -2.14. The average Bonchev–Trinajstić information content (AvgIpc) is 3.04. The van der Waals surface area contributed by atoms with E-state index in [1.807, 2.05) is 18.2 Å². The summed E-state index contributed by atoms with van der Waals surface area (Å²) < 4.78 is 1.62. The number of nitrogens with one attached hydrogen (secondary N) is 1. The first kappa shape index (κ1) is 16.7. The summed E-state index contributed by atoms with van der Waals surface area (Å²) in [6, 6.07) is 14.8. The maximum atomic E-state index is 12.3. The summed E-state index contributed by atoms with van der Waals surface area (Å²) in [6.45, 7) is 0.445. The van der Waals surface area contributed by atoms with E-state index in [0.29, 0.717) is 17.4 Å². The highest BCUT2D eigenvalue weighted by Crippen LogP contribution is 2.19. The van der Waals surface area contributed by atoms with E-state index in [1.54, 1.807) is 29.1 Å². The first-order valence-electron chi connectivity index (χ1n) is 7.36. The van der Waals surface area contributed by atoms with Gasteiger partial charge in [0.15, 0.2) is 5.82 Å². The molecule has 0 saturated carbocycles. The summed E-state index contributed by atoms with van der Waals surface area (Å²) in [6.07, 6.45) is 1.69. The number of carbonyl (C=O) groups excluding carboxylic acids is 1. The van der Waals surface area contributed by atoms with Crippen molar-refractivity contribution in [1.29, 1.82) is 0 Å². The summed E-state index contributed by atoms with van der Waals surface area (Å²) in [4.78, 5) is 22.7. The molecule has 25 heavy (non-hydrogen) atoms. The summed E-state index contributed by atoms with van der Waals surface area (Å²) in [5, 5.41) is 18.4. The molecule has 0 radical (unpaired) electrons. The van der Waals surface area contributed by atoms with Crippen molar-refractivity contribution in [3.05, 3.63) is 87.1 Å². The quantitative estimate of drug-likeness (QED) is 0.557. The van der Waals surface area contributed by atoms with Crippen molar-refractivity contribution in [2.45, 2.75) is 6.54 Å². The van der Waals surface area contributed by atoms with Crippen LogP contribution in [0.1, 0.15) is 15.9 Å². The largest absolute Gasteiger partial charge is 0.305 e. The van der Waals surface area contributed by atoms with Gasteiger partial charge < -0.3 is 5.32 Å². The third kappa shape index (κ3) is 3.84. The van der Waals surface area contributed by atoms with Gasteiger partial charge in [0, 0.05) is 23.4 Å². The van der Waals surface area contributed by atoms with Crippen LogP contribution < -0.4 is 5.32 Å². The Hall–Kier alpha value is -3.19. The Morgan fingerprint density at radius 3 is 2.64 bits per heavy atom. The number of hydrogen-bond acceptors (Lipinski definition) is 4. The molecule has 2 aromatic carbocycles. The Morgan fingerprint density at radius 1 is 1.16 bits per heavy atom. The molecule has 1 N–H and O–H groups in total. The van der Waals surface area contributed by atoms with Crippen LogP contribution in [-0.2, 0) is 6.54 Å². The molecular formula is C17H13ClN4O3. The number of para-hydroxylation sites is 1. The second-order valence-corrected chi connectivity index (χ2v) is 5.63. The van der Waals surface area contributed by atoms with Crippen molar-refractivity contribution in [2.24, 2.45) is 0 Å². The van der Waals surface area contributed by atoms with Gasteiger partial charge in [-0.2, -0.15) is 5.10 Å². The van der Waals surface area contributed by atoms with Gasteiger partial charge in [-0.1, -0.05) is 41.9 Å². The number of hydrogen-bond donors (Lipinski definition) is 1. The molecule has 0 aliphatic carbocycles. The molecule has 1 heterocycles. The Morgan fingerprint density at radius 2 is 1.88 bits per heavy atom. The zero-order chi connectivity index (χ0) is 17.8. The Bertz CT molecular complexity index is 939. The molecule has 0 aliphatic heterocycles. The van der Waals surface area contributed by atoms with Crippen LogP contribution in [0.25, 0.3) is 0 Å². The van der Waals surface area contributed by atoms with Gasteiger partial charge in [0.1, 0.15) is 5.56 Å². The SMILES string of the molecule is O=C(Nc1ccn(Cc2ccccc2Cl)n1)c1ccccc1[N+](=O)[O-]. The number of carbonyl (C=O) groups is 1. The molecule has 0 saturated heterocycles. The van der Waals surface area contributed by atoms with E-state index in [4.69, 9.17) is 11.6 Å². The normalized spacial score (nSPS) is 10.4. The fraction of sp³-hybridized carbons (Fsp3) is 0.0588. The minimum atomic E-state index is -0.592. The first-order chi connectivity index (χ1) is 12.0. The van der Waals surface area contributed by atoms with Crippen LogP contribution in [0.15, 0.2) is 60.8 Å². The summed E-state index contributed by atoms with van der Waals surface area (Å²) in [5.41, 5.74) is 0.618. The van der Waals surface area contributed by atoms with E-state index in [1.165, 1.54) is 18.2 Å². The lowest BCUT2D eigenvalue weighted by Gasteiger charge is -2.05. The number of nitrogens with zero attached hydrogens (tertiary/aromatic N) is 3. The second-order valence-electron chi connectivity index (χ2n) is 5.22. The average molecular weight is 357 g/mol. The van der Waals surface area contributed by atoms with E-state index in [9.17, 15) is 14.9 Å². The van der Waals surface area contributed by atoms with Crippen molar-refractivity contribution in [3.8, 4) is 0 Å². The van der Waals surface area contributed by atoms with Crippen LogP contribution in [0.2, 0.25) is 5.02 Å².